The lowest BCUT2D eigenvalue weighted by molar-refractivity contribution is 0.0912. The van der Waals surface area contributed by atoms with Gasteiger partial charge in [-0.25, -0.2) is 0 Å². The van der Waals surface area contributed by atoms with Crippen molar-refractivity contribution < 1.29 is 9.21 Å². The van der Waals surface area contributed by atoms with Crippen molar-refractivity contribution in [1.29, 1.82) is 0 Å². The van der Waals surface area contributed by atoms with Crippen LogP contribution < -0.4 is 5.32 Å². The second-order valence-electron chi connectivity index (χ2n) is 5.55. The summed E-state index contributed by atoms with van der Waals surface area (Å²) in [5.74, 6) is 0.621. The number of furan rings is 1. The van der Waals surface area contributed by atoms with Crippen LogP contribution >= 0.6 is 0 Å². The molecule has 8 heteroatoms. The Balaban J connectivity index is 1.69. The Kier molecular flexibility index (Phi) is 4.22. The van der Waals surface area contributed by atoms with Gasteiger partial charge in [0.15, 0.2) is 11.5 Å². The summed E-state index contributed by atoms with van der Waals surface area (Å²) in [6.07, 6.45) is 4.80. The second kappa shape index (κ2) is 6.47. The van der Waals surface area contributed by atoms with Gasteiger partial charge in [0.05, 0.1) is 31.2 Å². The van der Waals surface area contributed by atoms with Gasteiger partial charge < -0.3 is 9.73 Å². The minimum atomic E-state index is -0.245. The lowest BCUT2D eigenvalue weighted by Gasteiger charge is -2.21. The van der Waals surface area contributed by atoms with Gasteiger partial charge >= 0.3 is 0 Å². The molecule has 0 fully saturated rings. The fraction of sp³-hybridized carbons (Fsp3) is 0.333. The van der Waals surface area contributed by atoms with E-state index in [-0.39, 0.29) is 17.9 Å². The molecule has 1 amide bonds. The Morgan fingerprint density at radius 1 is 1.39 bits per heavy atom. The first-order valence-corrected chi connectivity index (χ1v) is 7.37. The quantitative estimate of drug-likeness (QED) is 0.721. The van der Waals surface area contributed by atoms with E-state index in [1.54, 1.807) is 41.7 Å². The molecule has 0 aliphatic heterocycles. The van der Waals surface area contributed by atoms with E-state index in [1.807, 2.05) is 13.8 Å². The van der Waals surface area contributed by atoms with Crippen molar-refractivity contribution in [1.82, 2.24) is 30.5 Å². The molecule has 0 unspecified atom stereocenters. The molecular formula is C15H18N6O2. The first kappa shape index (κ1) is 15.0. The van der Waals surface area contributed by atoms with Crippen molar-refractivity contribution in [3.05, 3.63) is 42.5 Å². The van der Waals surface area contributed by atoms with E-state index in [4.69, 9.17) is 4.42 Å². The first-order valence-electron chi connectivity index (χ1n) is 7.37. The molecule has 120 valence electrons. The molecule has 1 atom stereocenters. The predicted molar refractivity (Wildman–Crippen MR) is 82.4 cm³/mol. The Morgan fingerprint density at radius 3 is 2.83 bits per heavy atom. The number of carbonyl (C=O) groups excluding carboxylic acids is 1. The number of rotatable bonds is 6. The van der Waals surface area contributed by atoms with Crippen LogP contribution in [0.15, 0.2) is 41.3 Å². The van der Waals surface area contributed by atoms with Crippen LogP contribution in [0.4, 0.5) is 0 Å². The maximum atomic E-state index is 12.4. The monoisotopic (exact) mass is 314 g/mol. The van der Waals surface area contributed by atoms with E-state index in [1.165, 1.54) is 0 Å². The van der Waals surface area contributed by atoms with Crippen molar-refractivity contribution in [3.8, 4) is 11.5 Å². The molecule has 0 saturated carbocycles. The number of amides is 1. The van der Waals surface area contributed by atoms with Gasteiger partial charge in [-0.15, -0.1) is 0 Å². The molecule has 0 aromatic carbocycles. The molecule has 0 spiro atoms. The van der Waals surface area contributed by atoms with Crippen molar-refractivity contribution in [2.24, 2.45) is 5.92 Å². The highest BCUT2D eigenvalue weighted by Gasteiger charge is 2.20. The van der Waals surface area contributed by atoms with Crippen LogP contribution in [0.5, 0.6) is 0 Å². The summed E-state index contributed by atoms with van der Waals surface area (Å²) < 4.78 is 5.28. The number of carbonyl (C=O) groups is 1. The molecule has 3 aromatic rings. The summed E-state index contributed by atoms with van der Waals surface area (Å²) in [5, 5.41) is 18.0. The van der Waals surface area contributed by atoms with Crippen molar-refractivity contribution in [2.45, 2.75) is 26.4 Å². The lowest BCUT2D eigenvalue weighted by Crippen LogP contribution is -2.42. The van der Waals surface area contributed by atoms with Gasteiger partial charge in [0.1, 0.15) is 5.69 Å². The highest BCUT2D eigenvalue weighted by atomic mass is 16.3. The minimum absolute atomic E-state index is 0.0985. The third-order valence-electron chi connectivity index (χ3n) is 3.54. The Hall–Kier alpha value is -2.90. The van der Waals surface area contributed by atoms with E-state index in [0.717, 1.165) is 0 Å². The number of H-pyrrole nitrogens is 1. The molecule has 0 saturated heterocycles. The van der Waals surface area contributed by atoms with E-state index < -0.39 is 0 Å². The highest BCUT2D eigenvalue weighted by Crippen LogP contribution is 2.18. The van der Waals surface area contributed by atoms with Crippen LogP contribution in [0.2, 0.25) is 0 Å². The average molecular weight is 314 g/mol. The number of aromatic nitrogens is 5. The largest absolute Gasteiger partial charge is 0.463 e. The topological polar surface area (TPSA) is 102 Å². The summed E-state index contributed by atoms with van der Waals surface area (Å²) in [7, 11) is 0. The maximum Gasteiger partial charge on any atom is 0.272 e. The zero-order valence-corrected chi connectivity index (χ0v) is 12.9. The summed E-state index contributed by atoms with van der Waals surface area (Å²) in [6.45, 7) is 4.58. The van der Waals surface area contributed by atoms with Crippen molar-refractivity contribution in [2.75, 3.05) is 0 Å². The SMILES string of the molecule is CC(C)[C@H](Cn1nccn1)NC(=O)c1cc(-c2ccco2)[nH]n1. The van der Waals surface area contributed by atoms with E-state index in [9.17, 15) is 4.79 Å². The second-order valence-corrected chi connectivity index (χ2v) is 5.55. The van der Waals surface area contributed by atoms with Crippen LogP contribution in [0.3, 0.4) is 0 Å². The molecule has 0 radical (unpaired) electrons. The average Bonchev–Trinajstić information content (AvgIpc) is 3.27. The third-order valence-corrected chi connectivity index (χ3v) is 3.54. The van der Waals surface area contributed by atoms with Crippen molar-refractivity contribution in [3.63, 3.8) is 0 Å². The van der Waals surface area contributed by atoms with Crippen LogP contribution in [0.25, 0.3) is 11.5 Å². The fourth-order valence-corrected chi connectivity index (χ4v) is 2.18. The summed E-state index contributed by atoms with van der Waals surface area (Å²) in [4.78, 5) is 14.0. The predicted octanol–water partition coefficient (Wildman–Crippen LogP) is 1.72. The molecule has 23 heavy (non-hydrogen) atoms. The van der Waals surface area contributed by atoms with E-state index in [0.29, 0.717) is 23.7 Å². The first-order chi connectivity index (χ1) is 11.1. The number of hydrogen-bond donors (Lipinski definition) is 2. The van der Waals surface area contributed by atoms with Crippen LogP contribution in [-0.4, -0.2) is 37.1 Å². The third kappa shape index (κ3) is 3.47. The lowest BCUT2D eigenvalue weighted by atomic mass is 10.0. The molecule has 0 aliphatic carbocycles. The zero-order valence-electron chi connectivity index (χ0n) is 12.9. The van der Waals surface area contributed by atoms with Gasteiger partial charge in [-0.05, 0) is 18.1 Å². The van der Waals surface area contributed by atoms with Gasteiger partial charge in [0.25, 0.3) is 5.91 Å². The Bertz CT molecular complexity index is 745. The summed E-state index contributed by atoms with van der Waals surface area (Å²) >= 11 is 0. The van der Waals surface area contributed by atoms with Crippen molar-refractivity contribution >= 4 is 5.91 Å². The molecule has 0 bridgehead atoms. The summed E-state index contributed by atoms with van der Waals surface area (Å²) in [6, 6.07) is 5.15. The molecule has 0 aliphatic rings. The van der Waals surface area contributed by atoms with Crippen LogP contribution in [-0.2, 0) is 6.54 Å². The molecular weight excluding hydrogens is 296 g/mol. The van der Waals surface area contributed by atoms with Gasteiger partial charge in [0.2, 0.25) is 0 Å². The van der Waals surface area contributed by atoms with Crippen LogP contribution in [0, 0.1) is 5.92 Å². The highest BCUT2D eigenvalue weighted by molar-refractivity contribution is 5.93. The number of nitrogens with one attached hydrogen (secondary N) is 2. The molecule has 3 aromatic heterocycles. The maximum absolute atomic E-state index is 12.4. The van der Waals surface area contributed by atoms with E-state index >= 15 is 0 Å². The molecule has 3 rings (SSSR count). The van der Waals surface area contributed by atoms with Gasteiger partial charge in [-0.1, -0.05) is 13.8 Å². The van der Waals surface area contributed by atoms with Gasteiger partial charge in [-0.2, -0.15) is 20.1 Å². The number of hydrogen-bond acceptors (Lipinski definition) is 5. The van der Waals surface area contributed by atoms with Crippen LogP contribution in [0.1, 0.15) is 24.3 Å². The number of aromatic amines is 1. The zero-order chi connectivity index (χ0) is 16.2. The van der Waals surface area contributed by atoms with Gasteiger partial charge in [-0.3, -0.25) is 9.89 Å². The Labute approximate surface area is 132 Å². The molecule has 3 heterocycles. The molecule has 2 N–H and O–H groups in total. The van der Waals surface area contributed by atoms with E-state index in [2.05, 4.69) is 25.7 Å². The van der Waals surface area contributed by atoms with Gasteiger partial charge in [0, 0.05) is 6.07 Å². The number of nitrogens with zero attached hydrogens (tertiary/aromatic N) is 4. The minimum Gasteiger partial charge on any atom is -0.463 e. The Morgan fingerprint density at radius 2 is 2.17 bits per heavy atom. The summed E-state index contributed by atoms with van der Waals surface area (Å²) in [5.41, 5.74) is 0.977. The normalized spacial score (nSPS) is 12.5. The standard InChI is InChI=1S/C15H18N6O2/c1-10(2)13(9-21-16-5-6-17-21)18-15(22)12-8-11(19-20-12)14-4-3-7-23-14/h3-8,10,13H,9H2,1-2H3,(H,18,22)(H,19,20)/t13-/m0/s1. The fourth-order valence-electron chi connectivity index (χ4n) is 2.18. The smallest absolute Gasteiger partial charge is 0.272 e. The molecule has 8 nitrogen and oxygen atoms in total.